The summed E-state index contributed by atoms with van der Waals surface area (Å²) in [7, 11) is 0. The summed E-state index contributed by atoms with van der Waals surface area (Å²) < 4.78 is 0. The van der Waals surface area contributed by atoms with E-state index in [0.717, 1.165) is 23.5 Å². The minimum atomic E-state index is -0.545. The summed E-state index contributed by atoms with van der Waals surface area (Å²) in [4.78, 5) is 28.3. The van der Waals surface area contributed by atoms with Gasteiger partial charge in [-0.15, -0.1) is 23.7 Å². The summed E-state index contributed by atoms with van der Waals surface area (Å²) in [5.74, 6) is -0.971. The molecule has 5 nitrogen and oxygen atoms in total. The Morgan fingerprint density at radius 2 is 1.87 bits per heavy atom. The molecule has 1 aromatic heterocycles. The topological polar surface area (TPSA) is 75.4 Å². The molecule has 2 aromatic carbocycles. The van der Waals surface area contributed by atoms with Crippen molar-refractivity contribution in [3.63, 3.8) is 0 Å². The average Bonchev–Trinajstić information content (AvgIpc) is 3.07. The van der Waals surface area contributed by atoms with Crippen LogP contribution in [0.25, 0.3) is 0 Å². The van der Waals surface area contributed by atoms with Gasteiger partial charge in [0.15, 0.2) is 0 Å². The van der Waals surface area contributed by atoms with Gasteiger partial charge >= 0.3 is 0 Å². The van der Waals surface area contributed by atoms with E-state index in [1.807, 2.05) is 18.2 Å². The van der Waals surface area contributed by atoms with Crippen molar-refractivity contribution in [2.24, 2.45) is 5.73 Å². The third kappa shape index (κ3) is 5.22. The molecule has 0 saturated carbocycles. The van der Waals surface area contributed by atoms with Crippen LogP contribution in [0.1, 0.15) is 36.7 Å². The van der Waals surface area contributed by atoms with Crippen molar-refractivity contribution in [3.8, 4) is 0 Å². The van der Waals surface area contributed by atoms with Crippen LogP contribution in [-0.2, 0) is 19.5 Å². The van der Waals surface area contributed by atoms with E-state index in [1.54, 1.807) is 12.1 Å². The minimum Gasteiger partial charge on any atom is -0.365 e. The lowest BCUT2D eigenvalue weighted by molar-refractivity contribution is 0.0999. The smallest absolute Gasteiger partial charge is 0.257 e. The van der Waals surface area contributed by atoms with Crippen LogP contribution in [0.5, 0.6) is 0 Å². The van der Waals surface area contributed by atoms with Crippen LogP contribution in [0.15, 0.2) is 48.5 Å². The highest BCUT2D eigenvalue weighted by Gasteiger charge is 2.28. The van der Waals surface area contributed by atoms with E-state index in [-0.39, 0.29) is 23.0 Å². The number of benzene rings is 2. The maximum absolute atomic E-state index is 12.8. The third-order valence-corrected chi connectivity index (χ3v) is 6.73. The standard InChI is InChI=1S/C22H19Cl2N3O2S.ClH/c23-14-6-7-17(24)16(10-14)21(29)26-22-19(20(25)28)15-8-9-27(12-18(15)30-22)11-13-4-2-1-3-5-13;/h1-7,10H,8-9,11-12H2,(H2,25,28)(H,26,29);1H. The molecule has 2 heterocycles. The Hall–Kier alpha value is -2.09. The lowest BCUT2D eigenvalue weighted by Gasteiger charge is -2.27. The molecule has 0 radical (unpaired) electrons. The van der Waals surface area contributed by atoms with E-state index >= 15 is 0 Å². The van der Waals surface area contributed by atoms with Crippen molar-refractivity contribution in [1.29, 1.82) is 0 Å². The lowest BCUT2D eigenvalue weighted by Crippen LogP contribution is -2.30. The van der Waals surface area contributed by atoms with Crippen LogP contribution in [0.3, 0.4) is 0 Å². The SMILES string of the molecule is Cl.NC(=O)c1c(NC(=O)c2cc(Cl)ccc2Cl)sc2c1CCN(Cc1ccccc1)C2. The molecule has 4 rings (SSSR count). The molecule has 31 heavy (non-hydrogen) atoms. The Kier molecular flexibility index (Phi) is 7.62. The summed E-state index contributed by atoms with van der Waals surface area (Å²) in [5.41, 5.74) is 8.46. The summed E-state index contributed by atoms with van der Waals surface area (Å²) in [5, 5.41) is 3.96. The van der Waals surface area contributed by atoms with Gasteiger partial charge in [0.05, 0.1) is 16.1 Å². The molecular weight excluding hydrogens is 477 g/mol. The van der Waals surface area contributed by atoms with Crippen LogP contribution < -0.4 is 11.1 Å². The Bertz CT molecular complexity index is 1120. The van der Waals surface area contributed by atoms with Gasteiger partial charge in [-0.1, -0.05) is 53.5 Å². The second-order valence-electron chi connectivity index (χ2n) is 7.10. The molecule has 3 aromatic rings. The van der Waals surface area contributed by atoms with Gasteiger partial charge in [-0.3, -0.25) is 14.5 Å². The zero-order valence-corrected chi connectivity index (χ0v) is 19.5. The van der Waals surface area contributed by atoms with Crippen LogP contribution in [0.2, 0.25) is 10.0 Å². The highest BCUT2D eigenvalue weighted by Crippen LogP contribution is 2.37. The van der Waals surface area contributed by atoms with E-state index in [4.69, 9.17) is 28.9 Å². The average molecular weight is 497 g/mol. The number of amides is 2. The zero-order chi connectivity index (χ0) is 21.3. The normalized spacial score (nSPS) is 13.2. The molecule has 3 N–H and O–H groups in total. The Balaban J connectivity index is 0.00000272. The molecule has 1 aliphatic heterocycles. The molecule has 9 heteroatoms. The minimum absolute atomic E-state index is 0. The number of carbonyl (C=O) groups is 2. The van der Waals surface area contributed by atoms with Crippen LogP contribution in [-0.4, -0.2) is 23.3 Å². The predicted octanol–water partition coefficient (Wildman–Crippen LogP) is 5.39. The molecule has 0 unspecified atom stereocenters. The molecule has 0 fully saturated rings. The van der Waals surface area contributed by atoms with Gasteiger partial charge in [0.25, 0.3) is 11.8 Å². The summed E-state index contributed by atoms with van der Waals surface area (Å²) >= 11 is 13.5. The molecular formula is C22H20Cl3N3O2S. The first kappa shape index (κ1) is 23.6. The van der Waals surface area contributed by atoms with Crippen LogP contribution in [0.4, 0.5) is 5.00 Å². The van der Waals surface area contributed by atoms with E-state index in [0.29, 0.717) is 28.6 Å². The Morgan fingerprint density at radius 3 is 2.58 bits per heavy atom. The van der Waals surface area contributed by atoms with Crippen molar-refractivity contribution in [1.82, 2.24) is 4.90 Å². The number of primary amides is 1. The number of hydrogen-bond acceptors (Lipinski definition) is 4. The quantitative estimate of drug-likeness (QED) is 0.497. The molecule has 1 aliphatic rings. The zero-order valence-electron chi connectivity index (χ0n) is 16.4. The van der Waals surface area contributed by atoms with E-state index in [1.165, 1.54) is 23.0 Å². The number of hydrogen-bond donors (Lipinski definition) is 2. The molecule has 162 valence electrons. The Morgan fingerprint density at radius 1 is 1.13 bits per heavy atom. The van der Waals surface area contributed by atoms with Crippen molar-refractivity contribution >= 4 is 63.8 Å². The Labute approximate surface area is 200 Å². The van der Waals surface area contributed by atoms with E-state index in [9.17, 15) is 9.59 Å². The van der Waals surface area contributed by atoms with E-state index < -0.39 is 11.8 Å². The van der Waals surface area contributed by atoms with Gasteiger partial charge in [0, 0.05) is 29.5 Å². The highest BCUT2D eigenvalue weighted by molar-refractivity contribution is 7.17. The maximum atomic E-state index is 12.8. The molecule has 0 bridgehead atoms. The van der Waals surface area contributed by atoms with Gasteiger partial charge in [0.1, 0.15) is 5.00 Å². The molecule has 0 saturated heterocycles. The second kappa shape index (κ2) is 10.0. The summed E-state index contributed by atoms with van der Waals surface area (Å²) in [6.45, 7) is 2.33. The summed E-state index contributed by atoms with van der Waals surface area (Å²) in [6.07, 6.45) is 0.699. The number of fused-ring (bicyclic) bond motifs is 1. The third-order valence-electron chi connectivity index (χ3n) is 5.03. The fraction of sp³-hybridized carbons (Fsp3) is 0.182. The number of nitrogens with zero attached hydrogens (tertiary/aromatic N) is 1. The molecule has 0 spiro atoms. The number of rotatable bonds is 5. The fourth-order valence-corrected chi connectivity index (χ4v) is 5.29. The van der Waals surface area contributed by atoms with Gasteiger partial charge in [-0.25, -0.2) is 0 Å². The first-order chi connectivity index (χ1) is 14.4. The number of nitrogens with two attached hydrogens (primary N) is 1. The monoisotopic (exact) mass is 495 g/mol. The van der Waals surface area contributed by atoms with Gasteiger partial charge < -0.3 is 11.1 Å². The first-order valence-electron chi connectivity index (χ1n) is 9.39. The number of halogens is 3. The first-order valence-corrected chi connectivity index (χ1v) is 11.0. The van der Waals surface area contributed by atoms with E-state index in [2.05, 4.69) is 22.3 Å². The predicted molar refractivity (Wildman–Crippen MR) is 129 cm³/mol. The number of carbonyl (C=O) groups excluding carboxylic acids is 2. The van der Waals surface area contributed by atoms with Crippen LogP contribution >= 0.6 is 46.9 Å². The number of anilines is 1. The second-order valence-corrected chi connectivity index (χ2v) is 9.05. The lowest BCUT2D eigenvalue weighted by atomic mass is 10.0. The van der Waals surface area contributed by atoms with Crippen molar-refractivity contribution in [3.05, 3.63) is 85.7 Å². The molecule has 0 aliphatic carbocycles. The number of nitrogens with one attached hydrogen (secondary N) is 1. The number of thiophene rings is 1. The van der Waals surface area contributed by atoms with Crippen molar-refractivity contribution in [2.45, 2.75) is 19.5 Å². The van der Waals surface area contributed by atoms with Crippen molar-refractivity contribution in [2.75, 3.05) is 11.9 Å². The molecule has 2 amide bonds. The summed E-state index contributed by atoms with van der Waals surface area (Å²) in [6, 6.07) is 14.9. The largest absolute Gasteiger partial charge is 0.365 e. The van der Waals surface area contributed by atoms with Crippen molar-refractivity contribution < 1.29 is 9.59 Å². The maximum Gasteiger partial charge on any atom is 0.257 e. The highest BCUT2D eigenvalue weighted by atomic mass is 35.5. The van der Waals surface area contributed by atoms with Gasteiger partial charge in [-0.2, -0.15) is 0 Å². The van der Waals surface area contributed by atoms with Crippen LogP contribution in [0, 0.1) is 0 Å². The fourth-order valence-electron chi connectivity index (χ4n) is 3.62. The molecule has 0 atom stereocenters. The van der Waals surface area contributed by atoms with Gasteiger partial charge in [0.2, 0.25) is 0 Å². The van der Waals surface area contributed by atoms with Gasteiger partial charge in [-0.05, 0) is 35.7 Å².